The summed E-state index contributed by atoms with van der Waals surface area (Å²) < 4.78 is 20.0. The highest BCUT2D eigenvalue weighted by Gasteiger charge is 2.31. The highest BCUT2D eigenvalue weighted by molar-refractivity contribution is 6.16. The van der Waals surface area contributed by atoms with Crippen LogP contribution < -0.4 is 4.90 Å². The number of nitrogens with zero attached hydrogens (tertiary/aromatic N) is 3. The predicted octanol–water partition coefficient (Wildman–Crippen LogP) is 5.55. The van der Waals surface area contributed by atoms with Crippen LogP contribution in [0, 0.1) is 6.92 Å². The van der Waals surface area contributed by atoms with Crippen LogP contribution in [0.25, 0.3) is 0 Å². The monoisotopic (exact) mass is 647 g/mol. The van der Waals surface area contributed by atoms with Gasteiger partial charge in [-0.1, -0.05) is 17.7 Å². The van der Waals surface area contributed by atoms with Crippen molar-refractivity contribution in [3.63, 3.8) is 0 Å². The second-order valence-corrected chi connectivity index (χ2v) is 10.7. The van der Waals surface area contributed by atoms with Gasteiger partial charge in [-0.25, -0.2) is 28.8 Å². The van der Waals surface area contributed by atoms with E-state index in [1.54, 1.807) is 24.3 Å². The molecule has 0 saturated carbocycles. The molecule has 48 heavy (non-hydrogen) atoms. The van der Waals surface area contributed by atoms with Crippen LogP contribution in [-0.2, 0) is 18.9 Å². The third-order valence-electron chi connectivity index (χ3n) is 7.48. The molecule has 2 heterocycles. The summed E-state index contributed by atoms with van der Waals surface area (Å²) in [6, 6.07) is 22.6. The van der Waals surface area contributed by atoms with E-state index in [1.807, 2.05) is 36.1 Å². The lowest BCUT2D eigenvalue weighted by molar-refractivity contribution is 0.0425. The van der Waals surface area contributed by atoms with Gasteiger partial charge < -0.3 is 23.8 Å². The van der Waals surface area contributed by atoms with Crippen molar-refractivity contribution in [3.8, 4) is 0 Å². The van der Waals surface area contributed by atoms with Gasteiger partial charge in [0.2, 0.25) is 0 Å². The molecule has 0 aromatic heterocycles. The number of rotatable bonds is 11. The molecule has 0 unspecified atom stereocenters. The number of carbonyl (C=O) groups is 6. The van der Waals surface area contributed by atoms with Crippen LogP contribution in [0.2, 0.25) is 0 Å². The van der Waals surface area contributed by atoms with Crippen LogP contribution in [-0.4, -0.2) is 62.1 Å². The first-order chi connectivity index (χ1) is 23.2. The van der Waals surface area contributed by atoms with E-state index >= 15 is 0 Å². The van der Waals surface area contributed by atoms with Crippen LogP contribution >= 0.6 is 0 Å². The maximum Gasteiger partial charge on any atom is 0.346 e. The van der Waals surface area contributed by atoms with E-state index in [4.69, 9.17) is 9.47 Å². The summed E-state index contributed by atoms with van der Waals surface area (Å²) in [5, 5.41) is 8.52. The fourth-order valence-corrected chi connectivity index (χ4v) is 4.92. The SMILES string of the molecule is Cc1ccc(N=Nc2ccc(N(CCOC(=O)c3ccc4c(c3)C(=O)OC4=O)CCOC(=O)c3ccc4c(c3)C(=O)OC4=O)cc2)cc1. The fraction of sp³-hybridized carbons (Fsp3) is 0.143. The zero-order valence-electron chi connectivity index (χ0n) is 25.3. The molecule has 13 heteroatoms. The normalized spacial score (nSPS) is 13.2. The summed E-state index contributed by atoms with van der Waals surface area (Å²) >= 11 is 0. The third-order valence-corrected chi connectivity index (χ3v) is 7.48. The molecular weight excluding hydrogens is 622 g/mol. The quantitative estimate of drug-likeness (QED) is 0.0866. The van der Waals surface area contributed by atoms with Gasteiger partial charge in [-0.3, -0.25) is 0 Å². The van der Waals surface area contributed by atoms with Crippen molar-refractivity contribution < 1.29 is 47.7 Å². The Labute approximate surface area is 272 Å². The first-order valence-corrected chi connectivity index (χ1v) is 14.6. The smallest absolute Gasteiger partial charge is 0.346 e. The van der Waals surface area contributed by atoms with Crippen molar-refractivity contribution in [2.75, 3.05) is 31.2 Å². The van der Waals surface area contributed by atoms with E-state index in [9.17, 15) is 28.8 Å². The Kier molecular flexibility index (Phi) is 8.83. The number of fused-ring (bicyclic) bond motifs is 2. The van der Waals surface area contributed by atoms with Crippen molar-refractivity contribution >= 4 is 52.9 Å². The van der Waals surface area contributed by atoms with Crippen molar-refractivity contribution in [1.82, 2.24) is 0 Å². The second-order valence-electron chi connectivity index (χ2n) is 10.7. The van der Waals surface area contributed by atoms with Crippen molar-refractivity contribution in [1.29, 1.82) is 0 Å². The molecule has 240 valence electrons. The zero-order valence-corrected chi connectivity index (χ0v) is 25.3. The minimum atomic E-state index is -0.833. The van der Waals surface area contributed by atoms with E-state index in [2.05, 4.69) is 19.7 Å². The molecule has 0 saturated heterocycles. The average Bonchev–Trinajstić information content (AvgIpc) is 3.55. The van der Waals surface area contributed by atoms with Crippen LogP contribution in [0.3, 0.4) is 0 Å². The van der Waals surface area contributed by atoms with Crippen molar-refractivity contribution in [2.24, 2.45) is 10.2 Å². The Hall–Kier alpha value is -6.50. The minimum absolute atomic E-state index is 0.00984. The summed E-state index contributed by atoms with van der Waals surface area (Å²) in [4.78, 5) is 74.6. The number of ether oxygens (including phenoxy) is 4. The van der Waals surface area contributed by atoms with Gasteiger partial charge in [-0.05, 0) is 79.7 Å². The van der Waals surface area contributed by atoms with Gasteiger partial charge in [0.15, 0.2) is 0 Å². The lowest BCUT2D eigenvalue weighted by atomic mass is 10.1. The number of carbonyl (C=O) groups excluding carboxylic acids is 6. The summed E-state index contributed by atoms with van der Waals surface area (Å²) in [7, 11) is 0. The molecule has 0 fully saturated rings. The maximum absolute atomic E-state index is 12.8. The Balaban J connectivity index is 1.11. The number of azo groups is 1. The topological polar surface area (TPSA) is 167 Å². The summed E-state index contributed by atoms with van der Waals surface area (Å²) in [5.74, 6) is -4.64. The number of anilines is 1. The van der Waals surface area contributed by atoms with Gasteiger partial charge in [-0.2, -0.15) is 10.2 Å². The highest BCUT2D eigenvalue weighted by atomic mass is 16.6. The van der Waals surface area contributed by atoms with Gasteiger partial charge >= 0.3 is 35.8 Å². The Morgan fingerprint density at radius 3 is 1.46 bits per heavy atom. The molecular formula is C35H25N3O10. The number of hydrogen-bond donors (Lipinski definition) is 0. The number of benzene rings is 4. The van der Waals surface area contributed by atoms with E-state index in [0.29, 0.717) is 17.1 Å². The molecule has 0 bridgehead atoms. The van der Waals surface area contributed by atoms with Crippen LogP contribution in [0.5, 0.6) is 0 Å². The zero-order chi connectivity index (χ0) is 33.8. The number of cyclic esters (lactones) is 4. The molecule has 0 atom stereocenters. The summed E-state index contributed by atoms with van der Waals surface area (Å²) in [5.41, 5.74) is 3.39. The first-order valence-electron chi connectivity index (χ1n) is 14.6. The summed E-state index contributed by atoms with van der Waals surface area (Å²) in [6.45, 7) is 2.19. The first kappa shape index (κ1) is 31.5. The molecule has 6 rings (SSSR count). The van der Waals surface area contributed by atoms with Crippen molar-refractivity contribution in [2.45, 2.75) is 6.92 Å². The molecule has 0 aliphatic carbocycles. The van der Waals surface area contributed by atoms with Gasteiger partial charge in [0.25, 0.3) is 0 Å². The highest BCUT2D eigenvalue weighted by Crippen LogP contribution is 2.25. The predicted molar refractivity (Wildman–Crippen MR) is 167 cm³/mol. The van der Waals surface area contributed by atoms with Gasteiger partial charge in [0, 0.05) is 5.69 Å². The molecule has 4 aromatic rings. The fourth-order valence-electron chi connectivity index (χ4n) is 4.92. The third kappa shape index (κ3) is 6.84. The largest absolute Gasteiger partial charge is 0.460 e. The number of aryl methyl sites for hydroxylation is 1. The Morgan fingerprint density at radius 1 is 0.583 bits per heavy atom. The van der Waals surface area contributed by atoms with Gasteiger partial charge in [0.05, 0.1) is 57.8 Å². The summed E-state index contributed by atoms with van der Waals surface area (Å²) in [6.07, 6.45) is 0. The molecule has 0 amide bonds. The lowest BCUT2D eigenvalue weighted by Crippen LogP contribution is -2.32. The van der Waals surface area contributed by atoms with Gasteiger partial charge in [0.1, 0.15) is 13.2 Å². The van der Waals surface area contributed by atoms with Crippen LogP contribution in [0.15, 0.2) is 95.2 Å². The average molecular weight is 648 g/mol. The van der Waals surface area contributed by atoms with Gasteiger partial charge in [-0.15, -0.1) is 0 Å². The molecule has 0 radical (unpaired) electrons. The lowest BCUT2D eigenvalue weighted by Gasteiger charge is -2.24. The molecule has 2 aliphatic heterocycles. The molecule has 13 nitrogen and oxygen atoms in total. The molecule has 0 spiro atoms. The van der Waals surface area contributed by atoms with E-state index < -0.39 is 35.8 Å². The number of esters is 6. The molecule has 2 aliphatic rings. The maximum atomic E-state index is 12.8. The Bertz CT molecular complexity index is 1910. The van der Waals surface area contributed by atoms with E-state index in [-0.39, 0.29) is 59.7 Å². The van der Waals surface area contributed by atoms with Crippen LogP contribution in [0.1, 0.15) is 67.7 Å². The van der Waals surface area contributed by atoms with Crippen molar-refractivity contribution in [3.05, 3.63) is 124 Å². The molecule has 4 aromatic carbocycles. The van der Waals surface area contributed by atoms with Crippen LogP contribution in [0.4, 0.5) is 17.1 Å². The van der Waals surface area contributed by atoms with E-state index in [1.165, 1.54) is 36.4 Å². The Morgan fingerprint density at radius 2 is 1.00 bits per heavy atom. The molecule has 0 N–H and O–H groups in total. The number of hydrogen-bond acceptors (Lipinski definition) is 13. The standard InChI is InChI=1S/C35H25N3O10/c1-20-2-6-23(7-3-20)36-37-24-8-10-25(11-9-24)38(14-16-45-30(39)21-4-12-26-28(18-21)34(43)47-32(26)41)15-17-46-31(40)22-5-13-27-29(19-22)35(44)48-33(27)42/h2-13,18-19H,14-17H2,1H3. The minimum Gasteiger partial charge on any atom is -0.460 e. The van der Waals surface area contributed by atoms with E-state index in [0.717, 1.165) is 5.56 Å². The second kappa shape index (κ2) is 13.5.